The van der Waals surface area contributed by atoms with E-state index in [0.717, 1.165) is 21.7 Å². The lowest BCUT2D eigenvalue weighted by molar-refractivity contribution is 0.0862. The van der Waals surface area contributed by atoms with Gasteiger partial charge in [0.1, 0.15) is 0 Å². The second-order valence-corrected chi connectivity index (χ2v) is 6.65. The molecule has 0 radical (unpaired) electrons. The molecule has 0 aliphatic heterocycles. The molecule has 1 aromatic carbocycles. The van der Waals surface area contributed by atoms with Gasteiger partial charge in [0.15, 0.2) is 0 Å². The number of hydrogen-bond donors (Lipinski definition) is 3. The first-order valence-electron chi connectivity index (χ1n) is 7.38. The number of carbonyl (C=O) groups is 1. The molecular weight excluding hydrogens is 310 g/mol. The van der Waals surface area contributed by atoms with E-state index in [1.165, 1.54) is 11.3 Å². The Morgan fingerprint density at radius 3 is 2.91 bits per heavy atom. The molecule has 0 saturated carbocycles. The van der Waals surface area contributed by atoms with Crippen LogP contribution in [0.3, 0.4) is 0 Å². The Hall–Kier alpha value is -2.44. The van der Waals surface area contributed by atoms with Gasteiger partial charge >= 0.3 is 0 Å². The fourth-order valence-electron chi connectivity index (χ4n) is 2.94. The molecule has 6 heteroatoms. The Morgan fingerprint density at radius 1 is 1.26 bits per heavy atom. The molecule has 116 valence electrons. The van der Waals surface area contributed by atoms with E-state index in [1.807, 2.05) is 36.4 Å². The number of H-pyrrole nitrogens is 1. The summed E-state index contributed by atoms with van der Waals surface area (Å²) in [6.45, 7) is 0. The predicted octanol–water partition coefficient (Wildman–Crippen LogP) is 2.53. The Balaban J connectivity index is 1.49. The van der Waals surface area contributed by atoms with E-state index in [0.29, 0.717) is 11.3 Å². The van der Waals surface area contributed by atoms with Gasteiger partial charge in [0, 0.05) is 6.20 Å². The number of aromatic nitrogens is 2. The van der Waals surface area contributed by atoms with Gasteiger partial charge in [-0.3, -0.25) is 9.89 Å². The maximum atomic E-state index is 12.4. The molecule has 1 aliphatic rings. The third-order valence-corrected chi connectivity index (χ3v) is 5.22. The predicted molar refractivity (Wildman–Crippen MR) is 88.3 cm³/mol. The van der Waals surface area contributed by atoms with Crippen LogP contribution in [0.25, 0.3) is 10.6 Å². The summed E-state index contributed by atoms with van der Waals surface area (Å²) in [7, 11) is 0. The number of aromatic amines is 1. The molecule has 0 spiro atoms. The van der Waals surface area contributed by atoms with Gasteiger partial charge in [-0.05, 0) is 35.7 Å². The molecular formula is C17H15N3O2S. The molecule has 2 atom stereocenters. The van der Waals surface area contributed by atoms with Gasteiger partial charge < -0.3 is 10.4 Å². The van der Waals surface area contributed by atoms with Crippen LogP contribution in [-0.2, 0) is 6.42 Å². The normalized spacial score (nSPS) is 19.5. The second-order valence-electron chi connectivity index (χ2n) is 5.56. The van der Waals surface area contributed by atoms with Crippen molar-refractivity contribution in [3.05, 3.63) is 64.7 Å². The molecule has 0 fully saturated rings. The zero-order chi connectivity index (χ0) is 15.8. The minimum atomic E-state index is -0.651. The van der Waals surface area contributed by atoms with Crippen molar-refractivity contribution < 1.29 is 9.90 Å². The second kappa shape index (κ2) is 5.64. The molecule has 1 aliphatic carbocycles. The average Bonchev–Trinajstić information content (AvgIpc) is 3.28. The largest absolute Gasteiger partial charge is 0.386 e. The van der Waals surface area contributed by atoms with Crippen LogP contribution in [0.4, 0.5) is 0 Å². The number of benzene rings is 1. The monoisotopic (exact) mass is 325 g/mol. The average molecular weight is 325 g/mol. The molecule has 3 N–H and O–H groups in total. The van der Waals surface area contributed by atoms with E-state index in [4.69, 9.17) is 0 Å². The minimum Gasteiger partial charge on any atom is -0.386 e. The number of aliphatic hydroxyl groups excluding tert-OH is 1. The Kier molecular flexibility index (Phi) is 3.48. The quantitative estimate of drug-likeness (QED) is 0.692. The summed E-state index contributed by atoms with van der Waals surface area (Å²) in [5.41, 5.74) is 2.89. The summed E-state index contributed by atoms with van der Waals surface area (Å²) >= 11 is 1.40. The van der Waals surface area contributed by atoms with Crippen LogP contribution in [0, 0.1) is 0 Å². The van der Waals surface area contributed by atoms with Crippen molar-refractivity contribution in [3.63, 3.8) is 0 Å². The maximum absolute atomic E-state index is 12.4. The van der Waals surface area contributed by atoms with Crippen molar-refractivity contribution in [2.75, 3.05) is 0 Å². The third-order valence-electron chi connectivity index (χ3n) is 4.11. The van der Waals surface area contributed by atoms with Crippen LogP contribution >= 0.6 is 11.3 Å². The number of thiophene rings is 1. The number of fused-ring (bicyclic) bond motifs is 1. The van der Waals surface area contributed by atoms with Gasteiger partial charge in [-0.2, -0.15) is 5.10 Å². The summed E-state index contributed by atoms with van der Waals surface area (Å²) in [6.07, 6.45) is 1.69. The number of amides is 1. The van der Waals surface area contributed by atoms with E-state index in [-0.39, 0.29) is 11.9 Å². The highest BCUT2D eigenvalue weighted by atomic mass is 32.1. The lowest BCUT2D eigenvalue weighted by Crippen LogP contribution is -2.37. The molecule has 2 aromatic heterocycles. The number of hydrogen-bond acceptors (Lipinski definition) is 4. The summed E-state index contributed by atoms with van der Waals surface area (Å²) in [6, 6.07) is 13.0. The first-order valence-corrected chi connectivity index (χ1v) is 8.20. The third kappa shape index (κ3) is 2.56. The van der Waals surface area contributed by atoms with Crippen molar-refractivity contribution in [2.24, 2.45) is 0 Å². The van der Waals surface area contributed by atoms with Crippen LogP contribution in [0.15, 0.2) is 48.7 Å². The topological polar surface area (TPSA) is 78.0 Å². The zero-order valence-corrected chi connectivity index (χ0v) is 13.0. The number of nitrogens with one attached hydrogen (secondary N) is 2. The molecule has 4 rings (SSSR count). The van der Waals surface area contributed by atoms with Crippen molar-refractivity contribution >= 4 is 17.2 Å². The first-order chi connectivity index (χ1) is 11.2. The van der Waals surface area contributed by atoms with Crippen molar-refractivity contribution in [1.82, 2.24) is 15.5 Å². The molecule has 2 heterocycles. The van der Waals surface area contributed by atoms with Crippen LogP contribution in [0.2, 0.25) is 0 Å². The highest BCUT2D eigenvalue weighted by Crippen LogP contribution is 2.32. The van der Waals surface area contributed by atoms with E-state index >= 15 is 0 Å². The Morgan fingerprint density at radius 2 is 2.13 bits per heavy atom. The standard InChI is InChI=1S/C17H15N3O2S/c21-16-11-4-2-1-3-10(11)9-13(16)19-17(22)15-6-5-14(23-15)12-7-8-18-20-12/h1-8,13,16,21H,9H2,(H,18,20)(H,19,22)/t13-,16-/m0/s1. The van der Waals surface area contributed by atoms with Crippen molar-refractivity contribution in [1.29, 1.82) is 0 Å². The molecule has 5 nitrogen and oxygen atoms in total. The molecule has 3 aromatic rings. The number of carbonyl (C=O) groups excluding carboxylic acids is 1. The van der Waals surface area contributed by atoms with E-state index in [1.54, 1.807) is 12.3 Å². The van der Waals surface area contributed by atoms with Gasteiger partial charge in [0.25, 0.3) is 5.91 Å². The Bertz CT molecular complexity index is 841. The lowest BCUT2D eigenvalue weighted by atomic mass is 10.1. The van der Waals surface area contributed by atoms with E-state index in [2.05, 4.69) is 15.5 Å². The number of rotatable bonds is 3. The van der Waals surface area contributed by atoms with Gasteiger partial charge in [0.2, 0.25) is 0 Å². The summed E-state index contributed by atoms with van der Waals surface area (Å²) in [4.78, 5) is 14.0. The number of nitrogens with zero attached hydrogens (tertiary/aromatic N) is 1. The van der Waals surface area contributed by atoms with Crippen molar-refractivity contribution in [3.8, 4) is 10.6 Å². The van der Waals surface area contributed by atoms with Gasteiger partial charge in [-0.1, -0.05) is 24.3 Å². The highest BCUT2D eigenvalue weighted by Gasteiger charge is 2.32. The molecule has 0 bridgehead atoms. The summed E-state index contributed by atoms with van der Waals surface area (Å²) in [5, 5.41) is 20.1. The zero-order valence-electron chi connectivity index (χ0n) is 12.2. The van der Waals surface area contributed by atoms with E-state index < -0.39 is 6.10 Å². The van der Waals surface area contributed by atoms with Crippen molar-refractivity contribution in [2.45, 2.75) is 18.6 Å². The SMILES string of the molecule is O=C(N[C@H]1Cc2ccccc2[C@@H]1O)c1ccc(-c2ccn[nH]2)s1. The Labute approximate surface area is 137 Å². The molecule has 23 heavy (non-hydrogen) atoms. The van der Waals surface area contributed by atoms with Crippen LogP contribution in [0.5, 0.6) is 0 Å². The smallest absolute Gasteiger partial charge is 0.261 e. The first kappa shape index (κ1) is 14.2. The van der Waals surface area contributed by atoms with E-state index in [9.17, 15) is 9.90 Å². The van der Waals surface area contributed by atoms with Gasteiger partial charge in [0.05, 0.1) is 27.6 Å². The summed E-state index contributed by atoms with van der Waals surface area (Å²) in [5.74, 6) is -0.155. The highest BCUT2D eigenvalue weighted by molar-refractivity contribution is 7.17. The minimum absolute atomic E-state index is 0.155. The number of aliphatic hydroxyl groups is 1. The fourth-order valence-corrected chi connectivity index (χ4v) is 3.83. The van der Waals surface area contributed by atoms with Gasteiger partial charge in [-0.25, -0.2) is 0 Å². The van der Waals surface area contributed by atoms with Crippen LogP contribution < -0.4 is 5.32 Å². The fraction of sp³-hybridized carbons (Fsp3) is 0.176. The van der Waals surface area contributed by atoms with Gasteiger partial charge in [-0.15, -0.1) is 11.3 Å². The van der Waals surface area contributed by atoms with Crippen LogP contribution in [-0.4, -0.2) is 27.3 Å². The molecule has 0 unspecified atom stereocenters. The van der Waals surface area contributed by atoms with Crippen LogP contribution in [0.1, 0.15) is 26.9 Å². The summed E-state index contributed by atoms with van der Waals surface area (Å²) < 4.78 is 0. The maximum Gasteiger partial charge on any atom is 0.261 e. The molecule has 0 saturated heterocycles. The lowest BCUT2D eigenvalue weighted by Gasteiger charge is -2.16. The molecule has 1 amide bonds.